The van der Waals surface area contributed by atoms with Gasteiger partial charge in [0.05, 0.1) is 6.54 Å². The molecule has 19 heavy (non-hydrogen) atoms. The minimum absolute atomic E-state index is 0.142. The summed E-state index contributed by atoms with van der Waals surface area (Å²) in [6, 6.07) is 0.358. The Kier molecular flexibility index (Phi) is 3.71. The van der Waals surface area contributed by atoms with Crippen molar-refractivity contribution in [2.75, 3.05) is 13.1 Å². The van der Waals surface area contributed by atoms with Gasteiger partial charge in [-0.1, -0.05) is 0 Å². The SMILES string of the molecule is CC(C)n1ncnc1CN1CC(C)(C)NCC1(C)C. The van der Waals surface area contributed by atoms with E-state index in [1.807, 2.05) is 4.68 Å². The van der Waals surface area contributed by atoms with Crippen molar-refractivity contribution in [1.29, 1.82) is 0 Å². The van der Waals surface area contributed by atoms with Gasteiger partial charge in [0.25, 0.3) is 0 Å². The van der Waals surface area contributed by atoms with E-state index in [9.17, 15) is 0 Å². The highest BCUT2D eigenvalue weighted by atomic mass is 15.4. The molecule has 0 radical (unpaired) electrons. The zero-order chi connectivity index (χ0) is 14.3. The lowest BCUT2D eigenvalue weighted by Gasteiger charge is -2.49. The van der Waals surface area contributed by atoms with E-state index in [0.29, 0.717) is 6.04 Å². The normalized spacial score (nSPS) is 22.9. The van der Waals surface area contributed by atoms with Gasteiger partial charge in [-0.25, -0.2) is 9.67 Å². The third kappa shape index (κ3) is 3.15. The average molecular weight is 265 g/mol. The van der Waals surface area contributed by atoms with Crippen molar-refractivity contribution in [3.63, 3.8) is 0 Å². The summed E-state index contributed by atoms with van der Waals surface area (Å²) in [4.78, 5) is 6.94. The van der Waals surface area contributed by atoms with Crippen molar-refractivity contribution < 1.29 is 0 Å². The molecule has 0 unspecified atom stereocenters. The van der Waals surface area contributed by atoms with Crippen LogP contribution in [0, 0.1) is 0 Å². The van der Waals surface area contributed by atoms with E-state index in [1.54, 1.807) is 6.33 Å². The molecule has 5 nitrogen and oxygen atoms in total. The number of rotatable bonds is 3. The monoisotopic (exact) mass is 265 g/mol. The second-order valence-electron chi connectivity index (χ2n) is 7.12. The van der Waals surface area contributed by atoms with Crippen molar-refractivity contribution >= 4 is 0 Å². The van der Waals surface area contributed by atoms with Crippen LogP contribution < -0.4 is 5.32 Å². The van der Waals surface area contributed by atoms with Gasteiger partial charge in [-0.15, -0.1) is 0 Å². The second-order valence-corrected chi connectivity index (χ2v) is 7.12. The molecule has 0 aromatic carbocycles. The minimum atomic E-state index is 0.142. The largest absolute Gasteiger partial charge is 0.309 e. The summed E-state index contributed by atoms with van der Waals surface area (Å²) in [5, 5.41) is 7.94. The number of hydrogen-bond donors (Lipinski definition) is 1. The first-order valence-corrected chi connectivity index (χ1v) is 7.10. The lowest BCUT2D eigenvalue weighted by Crippen LogP contribution is -2.65. The summed E-state index contributed by atoms with van der Waals surface area (Å²) < 4.78 is 2.02. The van der Waals surface area contributed by atoms with Crippen molar-refractivity contribution in [3.8, 4) is 0 Å². The van der Waals surface area contributed by atoms with Crippen LogP contribution in [-0.4, -0.2) is 43.8 Å². The van der Waals surface area contributed by atoms with E-state index in [0.717, 1.165) is 25.5 Å². The average Bonchev–Trinajstić information content (AvgIpc) is 2.72. The van der Waals surface area contributed by atoms with Crippen LogP contribution in [0.4, 0.5) is 0 Å². The number of nitrogens with one attached hydrogen (secondary N) is 1. The molecule has 0 bridgehead atoms. The van der Waals surface area contributed by atoms with Gasteiger partial charge in [-0.05, 0) is 41.5 Å². The highest BCUT2D eigenvalue weighted by Gasteiger charge is 2.38. The van der Waals surface area contributed by atoms with E-state index in [4.69, 9.17) is 0 Å². The van der Waals surface area contributed by atoms with Gasteiger partial charge >= 0.3 is 0 Å². The Balaban J connectivity index is 2.18. The fourth-order valence-electron chi connectivity index (χ4n) is 2.57. The Bertz CT molecular complexity index is 433. The minimum Gasteiger partial charge on any atom is -0.309 e. The second kappa shape index (κ2) is 4.87. The first-order chi connectivity index (χ1) is 8.71. The van der Waals surface area contributed by atoms with E-state index in [2.05, 4.69) is 61.8 Å². The van der Waals surface area contributed by atoms with Crippen LogP contribution in [0.15, 0.2) is 6.33 Å². The molecule has 2 heterocycles. The number of hydrogen-bond acceptors (Lipinski definition) is 4. The maximum Gasteiger partial charge on any atom is 0.141 e. The standard InChI is InChI=1S/C14H27N5/c1-11(2)19-12(15-10-17-19)7-18-9-13(3,4)16-8-14(18,5)6/h10-11,16H,7-9H2,1-6H3. The lowest BCUT2D eigenvalue weighted by atomic mass is 9.91. The first-order valence-electron chi connectivity index (χ1n) is 7.10. The number of nitrogens with zero attached hydrogens (tertiary/aromatic N) is 4. The topological polar surface area (TPSA) is 46.0 Å². The molecule has 1 aliphatic rings. The Morgan fingerprint density at radius 2 is 2.00 bits per heavy atom. The van der Waals surface area contributed by atoms with Crippen LogP contribution in [-0.2, 0) is 6.54 Å². The zero-order valence-corrected chi connectivity index (χ0v) is 13.1. The van der Waals surface area contributed by atoms with Crippen LogP contribution in [0.5, 0.6) is 0 Å². The summed E-state index contributed by atoms with van der Waals surface area (Å²) in [6.07, 6.45) is 1.66. The quantitative estimate of drug-likeness (QED) is 0.905. The van der Waals surface area contributed by atoms with Crippen LogP contribution in [0.3, 0.4) is 0 Å². The Morgan fingerprint density at radius 3 is 2.63 bits per heavy atom. The maximum absolute atomic E-state index is 4.43. The zero-order valence-electron chi connectivity index (χ0n) is 13.1. The molecule has 1 saturated heterocycles. The Morgan fingerprint density at radius 1 is 1.32 bits per heavy atom. The summed E-state index contributed by atoms with van der Waals surface area (Å²) in [5.74, 6) is 1.06. The van der Waals surface area contributed by atoms with Crippen molar-refractivity contribution in [1.82, 2.24) is 25.0 Å². The van der Waals surface area contributed by atoms with Crippen LogP contribution in [0.25, 0.3) is 0 Å². The Hall–Kier alpha value is -0.940. The number of piperazine rings is 1. The van der Waals surface area contributed by atoms with E-state index in [1.165, 1.54) is 0 Å². The van der Waals surface area contributed by atoms with Gasteiger partial charge in [0.1, 0.15) is 12.2 Å². The van der Waals surface area contributed by atoms with Gasteiger partial charge in [0, 0.05) is 30.2 Å². The number of aromatic nitrogens is 3. The smallest absolute Gasteiger partial charge is 0.141 e. The predicted octanol–water partition coefficient (Wildman–Crippen LogP) is 1.82. The molecule has 2 rings (SSSR count). The van der Waals surface area contributed by atoms with E-state index < -0.39 is 0 Å². The summed E-state index contributed by atoms with van der Waals surface area (Å²) in [7, 11) is 0. The van der Waals surface area contributed by atoms with Crippen molar-refractivity contribution in [2.45, 2.75) is 65.2 Å². The Labute approximate surface area is 116 Å². The van der Waals surface area contributed by atoms with Crippen LogP contribution in [0.2, 0.25) is 0 Å². The molecule has 0 spiro atoms. The highest BCUT2D eigenvalue weighted by Crippen LogP contribution is 2.25. The molecule has 1 N–H and O–H groups in total. The van der Waals surface area contributed by atoms with Gasteiger partial charge < -0.3 is 5.32 Å². The van der Waals surface area contributed by atoms with Gasteiger partial charge in [0.2, 0.25) is 0 Å². The molecule has 1 fully saturated rings. The van der Waals surface area contributed by atoms with Crippen LogP contribution in [0.1, 0.15) is 53.4 Å². The third-order valence-corrected chi connectivity index (χ3v) is 3.91. The summed E-state index contributed by atoms with van der Waals surface area (Å²) in [6.45, 7) is 16.2. The van der Waals surface area contributed by atoms with Gasteiger partial charge in [0.15, 0.2) is 0 Å². The first kappa shape index (κ1) is 14.5. The molecular formula is C14H27N5. The molecule has 1 aliphatic heterocycles. The fourth-order valence-corrected chi connectivity index (χ4v) is 2.57. The molecule has 0 atom stereocenters. The van der Waals surface area contributed by atoms with Gasteiger partial charge in [-0.2, -0.15) is 5.10 Å². The molecule has 0 saturated carbocycles. The fraction of sp³-hybridized carbons (Fsp3) is 0.857. The molecule has 0 amide bonds. The maximum atomic E-state index is 4.43. The molecular weight excluding hydrogens is 238 g/mol. The molecule has 5 heteroatoms. The lowest BCUT2D eigenvalue weighted by molar-refractivity contribution is 0.0289. The van der Waals surface area contributed by atoms with Crippen molar-refractivity contribution in [2.24, 2.45) is 0 Å². The van der Waals surface area contributed by atoms with Gasteiger partial charge in [-0.3, -0.25) is 4.90 Å². The van der Waals surface area contributed by atoms with E-state index in [-0.39, 0.29) is 11.1 Å². The summed E-state index contributed by atoms with van der Waals surface area (Å²) >= 11 is 0. The van der Waals surface area contributed by atoms with Crippen LogP contribution >= 0.6 is 0 Å². The van der Waals surface area contributed by atoms with Crippen molar-refractivity contribution in [3.05, 3.63) is 12.2 Å². The molecule has 108 valence electrons. The summed E-state index contributed by atoms with van der Waals surface area (Å²) in [5.41, 5.74) is 0.293. The predicted molar refractivity (Wildman–Crippen MR) is 77.0 cm³/mol. The third-order valence-electron chi connectivity index (χ3n) is 3.91. The molecule has 0 aliphatic carbocycles. The van der Waals surface area contributed by atoms with E-state index >= 15 is 0 Å². The highest BCUT2D eigenvalue weighted by molar-refractivity contribution is 5.00. The molecule has 1 aromatic heterocycles. The molecule has 1 aromatic rings.